The Bertz CT molecular complexity index is 642. The number of likely N-dealkylation sites (tertiary alicyclic amines) is 1. The molecule has 0 bridgehead atoms. The molecule has 1 aromatic carbocycles. The van der Waals surface area contributed by atoms with Gasteiger partial charge >= 0.3 is 0 Å². The van der Waals surface area contributed by atoms with E-state index in [0.717, 1.165) is 19.4 Å². The second-order valence-electron chi connectivity index (χ2n) is 10.5. The molecule has 152 valence electrons. The molecule has 1 aromatic rings. The summed E-state index contributed by atoms with van der Waals surface area (Å²) >= 11 is 0. The van der Waals surface area contributed by atoms with Crippen LogP contribution in [0.1, 0.15) is 51.6 Å². The van der Waals surface area contributed by atoms with Crippen molar-refractivity contribution in [2.45, 2.75) is 83.8 Å². The van der Waals surface area contributed by atoms with Gasteiger partial charge in [-0.25, -0.2) is 0 Å². The van der Waals surface area contributed by atoms with Crippen LogP contribution in [-0.4, -0.2) is 40.3 Å². The fourth-order valence-electron chi connectivity index (χ4n) is 3.23. The maximum Gasteiger partial charge on any atom is 0.223 e. The normalized spacial score (nSPS) is 17.9. The van der Waals surface area contributed by atoms with Crippen LogP contribution in [0, 0.1) is 0 Å². The summed E-state index contributed by atoms with van der Waals surface area (Å²) in [7, 11) is -3.18. The zero-order valence-electron chi connectivity index (χ0n) is 18.7. The van der Waals surface area contributed by atoms with E-state index in [-0.39, 0.29) is 17.0 Å². The molecule has 1 aliphatic heterocycles. The Hall–Kier alpha value is -0.916. The maximum absolute atomic E-state index is 12.6. The SMILES string of the molecule is CC(C)(C)[Si](C)(C)OCC(c1ccc([Si](C)(C)C)cc1)N1CCCCC1=O. The number of amides is 1. The summed E-state index contributed by atoms with van der Waals surface area (Å²) in [6, 6.07) is 9.04. The van der Waals surface area contributed by atoms with Gasteiger partial charge in [-0.15, -0.1) is 0 Å². The van der Waals surface area contributed by atoms with Crippen LogP contribution in [0.3, 0.4) is 0 Å². The van der Waals surface area contributed by atoms with E-state index in [1.807, 2.05) is 0 Å². The van der Waals surface area contributed by atoms with E-state index >= 15 is 0 Å². The Balaban J connectivity index is 2.28. The number of rotatable bonds is 6. The van der Waals surface area contributed by atoms with Crippen LogP contribution in [-0.2, 0) is 9.22 Å². The molecule has 2 rings (SSSR count). The lowest BCUT2D eigenvalue weighted by Gasteiger charge is -2.40. The van der Waals surface area contributed by atoms with E-state index in [1.165, 1.54) is 10.8 Å². The number of carbonyl (C=O) groups is 1. The summed E-state index contributed by atoms with van der Waals surface area (Å²) in [6.07, 6.45) is 2.78. The molecule has 3 nitrogen and oxygen atoms in total. The quantitative estimate of drug-likeness (QED) is 0.600. The van der Waals surface area contributed by atoms with E-state index in [4.69, 9.17) is 4.43 Å². The molecule has 0 spiro atoms. The summed E-state index contributed by atoms with van der Waals surface area (Å²) in [6.45, 7) is 19.9. The number of hydrogen-bond donors (Lipinski definition) is 0. The molecule has 0 N–H and O–H groups in total. The molecule has 1 unspecified atom stereocenters. The lowest BCUT2D eigenvalue weighted by atomic mass is 10.0. The molecule has 0 radical (unpaired) electrons. The molecule has 0 aliphatic carbocycles. The average Bonchev–Trinajstić information content (AvgIpc) is 2.55. The molecular weight excluding hydrogens is 366 g/mol. The third-order valence-corrected chi connectivity index (χ3v) is 12.9. The van der Waals surface area contributed by atoms with Gasteiger partial charge in [0.25, 0.3) is 0 Å². The van der Waals surface area contributed by atoms with Gasteiger partial charge in [0.15, 0.2) is 8.32 Å². The van der Waals surface area contributed by atoms with Gasteiger partial charge in [-0.05, 0) is 36.5 Å². The Morgan fingerprint density at radius 2 is 1.63 bits per heavy atom. The van der Waals surface area contributed by atoms with Gasteiger partial charge in [0.05, 0.1) is 20.7 Å². The minimum Gasteiger partial charge on any atom is -0.414 e. The van der Waals surface area contributed by atoms with Crippen molar-refractivity contribution in [3.63, 3.8) is 0 Å². The molecule has 1 fully saturated rings. The molecule has 0 saturated carbocycles. The van der Waals surface area contributed by atoms with E-state index in [2.05, 4.69) is 82.7 Å². The first kappa shape index (κ1) is 22.4. The van der Waals surface area contributed by atoms with Crippen molar-refractivity contribution in [1.29, 1.82) is 0 Å². The predicted molar refractivity (Wildman–Crippen MR) is 121 cm³/mol. The first-order valence-corrected chi connectivity index (χ1v) is 16.8. The van der Waals surface area contributed by atoms with Crippen molar-refractivity contribution in [2.24, 2.45) is 0 Å². The van der Waals surface area contributed by atoms with Crippen molar-refractivity contribution < 1.29 is 9.22 Å². The lowest BCUT2D eigenvalue weighted by Crippen LogP contribution is -2.46. The first-order valence-electron chi connectivity index (χ1n) is 10.4. The van der Waals surface area contributed by atoms with Crippen LogP contribution < -0.4 is 5.19 Å². The highest BCUT2D eigenvalue weighted by Crippen LogP contribution is 2.38. The van der Waals surface area contributed by atoms with Crippen molar-refractivity contribution in [3.05, 3.63) is 29.8 Å². The van der Waals surface area contributed by atoms with Gasteiger partial charge in [-0.2, -0.15) is 0 Å². The first-order chi connectivity index (χ1) is 12.3. The van der Waals surface area contributed by atoms with Gasteiger partial charge in [0.1, 0.15) is 0 Å². The number of hydrogen-bond acceptors (Lipinski definition) is 2. The number of benzene rings is 1. The van der Waals surface area contributed by atoms with Gasteiger partial charge in [-0.1, -0.05) is 69.9 Å². The fraction of sp³-hybridized carbons (Fsp3) is 0.682. The molecule has 1 saturated heterocycles. The Morgan fingerprint density at radius 3 is 2.11 bits per heavy atom. The highest BCUT2D eigenvalue weighted by molar-refractivity contribution is 6.88. The second kappa shape index (κ2) is 8.22. The van der Waals surface area contributed by atoms with Crippen molar-refractivity contribution in [2.75, 3.05) is 13.2 Å². The van der Waals surface area contributed by atoms with Crippen molar-refractivity contribution in [1.82, 2.24) is 4.90 Å². The fourth-order valence-corrected chi connectivity index (χ4v) is 5.41. The third kappa shape index (κ3) is 5.55. The smallest absolute Gasteiger partial charge is 0.223 e. The molecule has 1 atom stereocenters. The van der Waals surface area contributed by atoms with Crippen molar-refractivity contribution >= 4 is 27.5 Å². The van der Waals surface area contributed by atoms with Crippen LogP contribution >= 0.6 is 0 Å². The topological polar surface area (TPSA) is 29.5 Å². The van der Waals surface area contributed by atoms with Crippen LogP contribution in [0.15, 0.2) is 24.3 Å². The molecule has 1 aliphatic rings. The minimum atomic E-state index is -1.86. The zero-order chi connectivity index (χ0) is 20.5. The summed E-state index contributed by atoms with van der Waals surface area (Å²) in [4.78, 5) is 14.7. The Labute approximate surface area is 168 Å². The van der Waals surface area contributed by atoms with Crippen molar-refractivity contribution in [3.8, 4) is 0 Å². The van der Waals surface area contributed by atoms with Gasteiger partial charge in [0, 0.05) is 13.0 Å². The Morgan fingerprint density at radius 1 is 1.04 bits per heavy atom. The van der Waals surface area contributed by atoms with E-state index < -0.39 is 16.4 Å². The summed E-state index contributed by atoms with van der Waals surface area (Å²) < 4.78 is 6.56. The van der Waals surface area contributed by atoms with Gasteiger partial charge in [-0.3, -0.25) is 4.79 Å². The second-order valence-corrected chi connectivity index (χ2v) is 20.4. The van der Waals surface area contributed by atoms with Crippen LogP contribution in [0.5, 0.6) is 0 Å². The zero-order valence-corrected chi connectivity index (χ0v) is 20.7. The summed E-state index contributed by atoms with van der Waals surface area (Å²) in [5.74, 6) is 0.277. The van der Waals surface area contributed by atoms with Gasteiger partial charge in [0.2, 0.25) is 5.91 Å². The van der Waals surface area contributed by atoms with E-state index in [1.54, 1.807) is 0 Å². The average molecular weight is 406 g/mol. The summed E-state index contributed by atoms with van der Waals surface area (Å²) in [5.41, 5.74) is 1.21. The molecule has 0 aromatic heterocycles. The molecule has 27 heavy (non-hydrogen) atoms. The highest BCUT2D eigenvalue weighted by atomic mass is 28.4. The number of nitrogens with zero attached hydrogens (tertiary/aromatic N) is 1. The molecule has 5 heteroatoms. The molecular formula is C22H39NO2Si2. The van der Waals surface area contributed by atoms with Crippen LogP contribution in [0.25, 0.3) is 0 Å². The Kier molecular flexibility index (Phi) is 6.81. The minimum absolute atomic E-state index is 0.0302. The number of carbonyl (C=O) groups excluding carboxylic acids is 1. The third-order valence-electron chi connectivity index (χ3n) is 6.31. The monoisotopic (exact) mass is 405 g/mol. The largest absolute Gasteiger partial charge is 0.414 e. The molecule has 1 heterocycles. The molecule has 1 amide bonds. The number of piperidine rings is 1. The van der Waals surface area contributed by atoms with Crippen LogP contribution in [0.2, 0.25) is 37.8 Å². The van der Waals surface area contributed by atoms with Crippen LogP contribution in [0.4, 0.5) is 0 Å². The summed E-state index contributed by atoms with van der Waals surface area (Å²) in [5, 5.41) is 1.63. The maximum atomic E-state index is 12.6. The van der Waals surface area contributed by atoms with E-state index in [0.29, 0.717) is 13.0 Å². The van der Waals surface area contributed by atoms with E-state index in [9.17, 15) is 4.79 Å². The lowest BCUT2D eigenvalue weighted by molar-refractivity contribution is -0.136. The predicted octanol–water partition coefficient (Wildman–Crippen LogP) is 5.31. The standard InChI is InChI=1S/C22H39NO2Si2/c1-22(2,3)27(7,8)25-17-20(23-16-10-9-11-21(23)24)18-12-14-19(15-13-18)26(4,5)6/h12-15,20H,9-11,16-17H2,1-8H3. The highest BCUT2D eigenvalue weighted by Gasteiger charge is 2.39. The van der Waals surface area contributed by atoms with Gasteiger partial charge < -0.3 is 9.33 Å².